The Labute approximate surface area is 128 Å². The van der Waals surface area contributed by atoms with Crippen molar-refractivity contribution in [3.63, 3.8) is 0 Å². The largest absolute Gasteiger partial charge is 0.481 e. The Morgan fingerprint density at radius 1 is 1.29 bits per heavy atom. The summed E-state index contributed by atoms with van der Waals surface area (Å²) in [4.78, 5) is 16.3. The third kappa shape index (κ3) is 3.41. The van der Waals surface area contributed by atoms with Crippen molar-refractivity contribution >= 4 is 22.3 Å². The minimum absolute atomic E-state index is 0.432. The molecule has 1 aliphatic heterocycles. The zero-order chi connectivity index (χ0) is 14.7. The average molecular weight is 305 g/mol. The van der Waals surface area contributed by atoms with Crippen LogP contribution in [0.3, 0.4) is 0 Å². The van der Waals surface area contributed by atoms with E-state index in [0.717, 1.165) is 36.9 Å². The second-order valence-corrected chi connectivity index (χ2v) is 6.32. The topological polar surface area (TPSA) is 63.2 Å². The number of nitrogens with zero attached hydrogens (tertiary/aromatic N) is 4. The van der Waals surface area contributed by atoms with Crippen molar-refractivity contribution in [3.8, 4) is 5.88 Å². The summed E-state index contributed by atoms with van der Waals surface area (Å²) in [6.45, 7) is 4.14. The lowest BCUT2D eigenvalue weighted by Crippen LogP contribution is -2.39. The molecule has 0 bridgehead atoms. The molecule has 0 unspecified atom stereocenters. The number of anilines is 2. The summed E-state index contributed by atoms with van der Waals surface area (Å²) in [6, 6.07) is 2.26. The first-order chi connectivity index (χ1) is 10.2. The molecular weight excluding hydrogens is 286 g/mol. The zero-order valence-electron chi connectivity index (χ0n) is 12.2. The second kappa shape index (κ2) is 6.26. The van der Waals surface area contributed by atoms with Gasteiger partial charge in [-0.1, -0.05) is 0 Å². The van der Waals surface area contributed by atoms with Crippen LogP contribution in [0.1, 0.15) is 17.7 Å². The molecule has 0 aromatic carbocycles. The molecule has 2 aromatic heterocycles. The summed E-state index contributed by atoms with van der Waals surface area (Å²) >= 11 is 1.76. The van der Waals surface area contributed by atoms with E-state index in [1.54, 1.807) is 18.4 Å². The second-order valence-electron chi connectivity index (χ2n) is 5.10. The van der Waals surface area contributed by atoms with E-state index in [9.17, 15) is 0 Å². The normalized spacial score (nSPS) is 16.0. The van der Waals surface area contributed by atoms with E-state index in [1.165, 1.54) is 11.2 Å². The van der Waals surface area contributed by atoms with E-state index < -0.39 is 0 Å². The van der Waals surface area contributed by atoms with Crippen molar-refractivity contribution < 1.29 is 4.74 Å². The van der Waals surface area contributed by atoms with Gasteiger partial charge in [0.2, 0.25) is 5.88 Å². The summed E-state index contributed by atoms with van der Waals surface area (Å²) in [5.41, 5.74) is 0. The van der Waals surface area contributed by atoms with Gasteiger partial charge < -0.3 is 15.0 Å². The minimum atomic E-state index is 0.432. The molecule has 1 saturated heterocycles. The van der Waals surface area contributed by atoms with E-state index in [2.05, 4.69) is 32.1 Å². The lowest BCUT2D eigenvalue weighted by atomic mass is 10.1. The van der Waals surface area contributed by atoms with E-state index in [0.29, 0.717) is 11.9 Å². The van der Waals surface area contributed by atoms with Gasteiger partial charge in [-0.25, -0.2) is 15.0 Å². The average Bonchev–Trinajstić information content (AvgIpc) is 2.95. The maximum atomic E-state index is 5.11. The molecule has 0 radical (unpaired) electrons. The molecule has 21 heavy (non-hydrogen) atoms. The molecule has 0 saturated carbocycles. The maximum absolute atomic E-state index is 5.11. The van der Waals surface area contributed by atoms with Crippen molar-refractivity contribution in [2.75, 3.05) is 30.4 Å². The Morgan fingerprint density at radius 2 is 2.10 bits per heavy atom. The Balaban J connectivity index is 1.56. The summed E-state index contributed by atoms with van der Waals surface area (Å²) in [7, 11) is 1.61. The number of aromatic nitrogens is 3. The van der Waals surface area contributed by atoms with Crippen LogP contribution < -0.4 is 15.0 Å². The van der Waals surface area contributed by atoms with Gasteiger partial charge in [0, 0.05) is 36.3 Å². The lowest BCUT2D eigenvalue weighted by Gasteiger charge is -2.32. The molecule has 7 heteroatoms. The first kappa shape index (κ1) is 14.1. The highest BCUT2D eigenvalue weighted by atomic mass is 32.1. The number of methoxy groups -OCH3 is 1. The number of piperidine rings is 1. The molecule has 3 rings (SSSR count). The Kier molecular flexibility index (Phi) is 4.19. The number of rotatable bonds is 4. The van der Waals surface area contributed by atoms with Gasteiger partial charge in [-0.15, -0.1) is 11.3 Å². The van der Waals surface area contributed by atoms with Crippen molar-refractivity contribution in [2.24, 2.45) is 0 Å². The zero-order valence-corrected chi connectivity index (χ0v) is 13.1. The third-order valence-corrected chi connectivity index (χ3v) is 4.55. The fourth-order valence-corrected chi connectivity index (χ4v) is 3.25. The van der Waals surface area contributed by atoms with E-state index in [1.807, 2.05) is 12.3 Å². The predicted octanol–water partition coefficient (Wildman–Crippen LogP) is 2.33. The molecule has 6 nitrogen and oxygen atoms in total. The van der Waals surface area contributed by atoms with Gasteiger partial charge in [-0.3, -0.25) is 0 Å². The van der Waals surface area contributed by atoms with Crippen molar-refractivity contribution in [2.45, 2.75) is 25.8 Å². The van der Waals surface area contributed by atoms with Crippen LogP contribution in [-0.2, 0) is 0 Å². The molecule has 2 aromatic rings. The van der Waals surface area contributed by atoms with Crippen LogP contribution in [0, 0.1) is 6.92 Å². The molecule has 1 fully saturated rings. The number of nitrogens with one attached hydrogen (secondary N) is 1. The van der Waals surface area contributed by atoms with Crippen LogP contribution in [0.15, 0.2) is 18.6 Å². The van der Waals surface area contributed by atoms with Gasteiger partial charge in [0.05, 0.1) is 7.11 Å². The summed E-state index contributed by atoms with van der Waals surface area (Å²) < 4.78 is 5.11. The van der Waals surface area contributed by atoms with Crippen LogP contribution >= 0.6 is 11.3 Å². The van der Waals surface area contributed by atoms with Crippen LogP contribution in [0.25, 0.3) is 0 Å². The SMILES string of the molecule is COc1cc(NC2CCN(c3ncc(C)s3)CC2)ncn1. The van der Waals surface area contributed by atoms with Crippen LogP contribution in [-0.4, -0.2) is 41.2 Å². The fraction of sp³-hybridized carbons (Fsp3) is 0.500. The molecule has 0 spiro atoms. The Morgan fingerprint density at radius 3 is 2.76 bits per heavy atom. The number of thiazole rings is 1. The van der Waals surface area contributed by atoms with E-state index in [-0.39, 0.29) is 0 Å². The number of hydrogen-bond donors (Lipinski definition) is 1. The van der Waals surface area contributed by atoms with Crippen molar-refractivity contribution in [1.29, 1.82) is 0 Å². The Bertz CT molecular complexity index is 595. The third-order valence-electron chi connectivity index (χ3n) is 3.58. The highest BCUT2D eigenvalue weighted by Gasteiger charge is 2.21. The molecular formula is C14H19N5OS. The van der Waals surface area contributed by atoms with Crippen molar-refractivity contribution in [3.05, 3.63) is 23.5 Å². The molecule has 1 N–H and O–H groups in total. The van der Waals surface area contributed by atoms with Gasteiger partial charge >= 0.3 is 0 Å². The van der Waals surface area contributed by atoms with Crippen molar-refractivity contribution in [1.82, 2.24) is 15.0 Å². The molecule has 112 valence electrons. The van der Waals surface area contributed by atoms with Gasteiger partial charge in [0.1, 0.15) is 12.1 Å². The molecule has 0 aliphatic carbocycles. The minimum Gasteiger partial charge on any atom is -0.481 e. The molecule has 0 amide bonds. The maximum Gasteiger partial charge on any atom is 0.218 e. The van der Waals surface area contributed by atoms with E-state index >= 15 is 0 Å². The Hall–Kier alpha value is -1.89. The molecule has 3 heterocycles. The quantitative estimate of drug-likeness (QED) is 0.935. The van der Waals surface area contributed by atoms with Gasteiger partial charge in [-0.05, 0) is 19.8 Å². The van der Waals surface area contributed by atoms with Gasteiger partial charge in [0.25, 0.3) is 0 Å². The summed E-state index contributed by atoms with van der Waals surface area (Å²) in [6.07, 6.45) is 5.61. The van der Waals surface area contributed by atoms with Gasteiger partial charge in [0.15, 0.2) is 5.13 Å². The number of hydrogen-bond acceptors (Lipinski definition) is 7. The predicted molar refractivity (Wildman–Crippen MR) is 84.3 cm³/mol. The highest BCUT2D eigenvalue weighted by Crippen LogP contribution is 2.26. The van der Waals surface area contributed by atoms with Gasteiger partial charge in [-0.2, -0.15) is 0 Å². The lowest BCUT2D eigenvalue weighted by molar-refractivity contribution is 0.397. The van der Waals surface area contributed by atoms with Crippen LogP contribution in [0.4, 0.5) is 10.9 Å². The smallest absolute Gasteiger partial charge is 0.218 e. The number of aryl methyl sites for hydroxylation is 1. The number of ether oxygens (including phenoxy) is 1. The van der Waals surface area contributed by atoms with Crippen LogP contribution in [0.2, 0.25) is 0 Å². The fourth-order valence-electron chi connectivity index (χ4n) is 2.44. The summed E-state index contributed by atoms with van der Waals surface area (Å²) in [5, 5.41) is 4.59. The molecule has 1 aliphatic rings. The monoisotopic (exact) mass is 305 g/mol. The standard InChI is InChI=1S/C14H19N5OS/c1-10-8-15-14(21-10)19-5-3-11(4-6-19)18-12-7-13(20-2)17-9-16-12/h7-9,11H,3-6H2,1-2H3,(H,16,17,18). The first-order valence-corrected chi connectivity index (χ1v) is 7.86. The van der Waals surface area contributed by atoms with E-state index in [4.69, 9.17) is 4.74 Å². The first-order valence-electron chi connectivity index (χ1n) is 7.04. The summed E-state index contributed by atoms with van der Waals surface area (Å²) in [5.74, 6) is 1.41. The highest BCUT2D eigenvalue weighted by molar-refractivity contribution is 7.15. The van der Waals surface area contributed by atoms with Crippen LogP contribution in [0.5, 0.6) is 5.88 Å². The molecule has 0 atom stereocenters.